The highest BCUT2D eigenvalue weighted by atomic mass is 79.9. The van der Waals surface area contributed by atoms with Crippen molar-refractivity contribution in [1.82, 2.24) is 9.80 Å². The number of benzene rings is 1. The number of nitrogens with zero attached hydrogens (tertiary/aromatic N) is 2. The maximum atomic E-state index is 6.14. The minimum atomic E-state index is 0.342. The Morgan fingerprint density at radius 2 is 2.05 bits per heavy atom. The third kappa shape index (κ3) is 3.04. The molecule has 3 atom stereocenters. The van der Waals surface area contributed by atoms with E-state index >= 15 is 0 Å². The standard InChI is InChI=1S/C17H26BrN3/c1-12-3-4-13(9-16(12)18)17(10-19)21-8-7-14-5-6-15(11-21)20(14)2/h3-4,9,14-15,17H,5-8,10-11,19H2,1-2H3. The average molecular weight is 352 g/mol. The topological polar surface area (TPSA) is 32.5 Å². The molecule has 4 heteroatoms. The van der Waals surface area contributed by atoms with Crippen LogP contribution >= 0.6 is 15.9 Å². The first-order valence-electron chi connectivity index (χ1n) is 8.02. The Balaban J connectivity index is 1.81. The summed E-state index contributed by atoms with van der Waals surface area (Å²) in [5, 5.41) is 0. The van der Waals surface area contributed by atoms with Crippen LogP contribution in [0.4, 0.5) is 0 Å². The molecule has 1 aromatic carbocycles. The van der Waals surface area contributed by atoms with Crippen LogP contribution in [0, 0.1) is 6.92 Å². The van der Waals surface area contributed by atoms with E-state index < -0.39 is 0 Å². The summed E-state index contributed by atoms with van der Waals surface area (Å²) in [6.07, 6.45) is 3.99. The van der Waals surface area contributed by atoms with Gasteiger partial charge in [0.2, 0.25) is 0 Å². The predicted molar refractivity (Wildman–Crippen MR) is 91.4 cm³/mol. The second-order valence-corrected chi connectivity index (χ2v) is 7.45. The fourth-order valence-corrected chi connectivity index (χ4v) is 4.33. The van der Waals surface area contributed by atoms with Crippen molar-refractivity contribution in [2.24, 2.45) is 5.73 Å². The van der Waals surface area contributed by atoms with Gasteiger partial charge in [0.15, 0.2) is 0 Å². The van der Waals surface area contributed by atoms with E-state index in [0.29, 0.717) is 18.6 Å². The van der Waals surface area contributed by atoms with Gasteiger partial charge >= 0.3 is 0 Å². The van der Waals surface area contributed by atoms with Crippen LogP contribution in [0.5, 0.6) is 0 Å². The van der Waals surface area contributed by atoms with Crippen LogP contribution in [-0.4, -0.2) is 48.6 Å². The van der Waals surface area contributed by atoms with E-state index in [1.54, 1.807) is 0 Å². The van der Waals surface area contributed by atoms with Crippen molar-refractivity contribution in [3.05, 3.63) is 33.8 Å². The Morgan fingerprint density at radius 3 is 2.76 bits per heavy atom. The van der Waals surface area contributed by atoms with Gasteiger partial charge in [0.25, 0.3) is 0 Å². The second-order valence-electron chi connectivity index (χ2n) is 6.59. The van der Waals surface area contributed by atoms with Crippen molar-refractivity contribution in [2.45, 2.75) is 44.3 Å². The number of rotatable bonds is 3. The van der Waals surface area contributed by atoms with Gasteiger partial charge < -0.3 is 5.73 Å². The van der Waals surface area contributed by atoms with E-state index in [1.807, 2.05) is 0 Å². The number of hydrogen-bond acceptors (Lipinski definition) is 3. The Bertz CT molecular complexity index is 505. The predicted octanol–water partition coefficient (Wildman–Crippen LogP) is 2.93. The molecule has 0 saturated carbocycles. The van der Waals surface area contributed by atoms with Crippen LogP contribution in [0.3, 0.4) is 0 Å². The summed E-state index contributed by atoms with van der Waals surface area (Å²) in [6, 6.07) is 8.51. The van der Waals surface area contributed by atoms with Crippen LogP contribution in [-0.2, 0) is 0 Å². The molecule has 3 rings (SSSR count). The number of likely N-dealkylation sites (tertiary alicyclic amines) is 1. The summed E-state index contributed by atoms with van der Waals surface area (Å²) in [5.41, 5.74) is 8.76. The number of hydrogen-bond donors (Lipinski definition) is 1. The van der Waals surface area contributed by atoms with Gasteiger partial charge in [-0.15, -0.1) is 0 Å². The zero-order chi connectivity index (χ0) is 15.0. The number of fused-ring (bicyclic) bond motifs is 2. The van der Waals surface area contributed by atoms with E-state index in [2.05, 4.69) is 57.9 Å². The van der Waals surface area contributed by atoms with Gasteiger partial charge in [-0.25, -0.2) is 0 Å². The monoisotopic (exact) mass is 351 g/mol. The lowest BCUT2D eigenvalue weighted by Gasteiger charge is -2.33. The van der Waals surface area contributed by atoms with Gasteiger partial charge in [-0.1, -0.05) is 28.1 Å². The van der Waals surface area contributed by atoms with Gasteiger partial charge in [-0.2, -0.15) is 0 Å². The quantitative estimate of drug-likeness (QED) is 0.908. The van der Waals surface area contributed by atoms with Gasteiger partial charge in [0.05, 0.1) is 0 Å². The summed E-state index contributed by atoms with van der Waals surface area (Å²) in [6.45, 7) is 5.14. The lowest BCUT2D eigenvalue weighted by atomic mass is 10.0. The Labute approximate surface area is 136 Å². The minimum Gasteiger partial charge on any atom is -0.329 e. The molecular weight excluding hydrogens is 326 g/mol. The molecule has 2 heterocycles. The SMILES string of the molecule is Cc1ccc(C(CN)N2CCC3CCC(C2)N3C)cc1Br. The fourth-order valence-electron chi connectivity index (χ4n) is 3.93. The average Bonchev–Trinajstić information content (AvgIpc) is 2.70. The van der Waals surface area contributed by atoms with Crippen molar-refractivity contribution in [1.29, 1.82) is 0 Å². The lowest BCUT2D eigenvalue weighted by molar-refractivity contribution is 0.175. The molecular formula is C17H26BrN3. The Hall–Kier alpha value is -0.420. The van der Waals surface area contributed by atoms with Crippen LogP contribution in [0.15, 0.2) is 22.7 Å². The zero-order valence-electron chi connectivity index (χ0n) is 13.1. The molecule has 2 saturated heterocycles. The summed E-state index contributed by atoms with van der Waals surface area (Å²) in [4.78, 5) is 5.20. The Kier molecular flexibility index (Phi) is 4.69. The maximum Gasteiger partial charge on any atom is 0.0471 e. The highest BCUT2D eigenvalue weighted by Crippen LogP contribution is 2.33. The van der Waals surface area contributed by atoms with Gasteiger partial charge in [0, 0.05) is 42.2 Å². The van der Waals surface area contributed by atoms with Crippen LogP contribution in [0.25, 0.3) is 0 Å². The van der Waals surface area contributed by atoms with E-state index in [-0.39, 0.29) is 0 Å². The maximum absolute atomic E-state index is 6.14. The van der Waals surface area contributed by atoms with E-state index in [9.17, 15) is 0 Å². The number of halogens is 1. The van der Waals surface area contributed by atoms with Gasteiger partial charge in [0.1, 0.15) is 0 Å². The highest BCUT2D eigenvalue weighted by molar-refractivity contribution is 9.10. The molecule has 0 amide bonds. The van der Waals surface area contributed by atoms with Gasteiger partial charge in [-0.05, 0) is 50.4 Å². The van der Waals surface area contributed by atoms with E-state index in [4.69, 9.17) is 5.73 Å². The first-order valence-corrected chi connectivity index (χ1v) is 8.81. The molecule has 116 valence electrons. The second kappa shape index (κ2) is 6.37. The molecule has 21 heavy (non-hydrogen) atoms. The number of aryl methyl sites for hydroxylation is 1. The molecule has 0 aliphatic carbocycles. The normalized spacial score (nSPS) is 28.6. The molecule has 3 nitrogen and oxygen atoms in total. The third-order valence-corrected chi connectivity index (χ3v) is 6.28. The van der Waals surface area contributed by atoms with Crippen molar-refractivity contribution in [3.63, 3.8) is 0 Å². The molecule has 0 radical (unpaired) electrons. The smallest absolute Gasteiger partial charge is 0.0471 e. The summed E-state index contributed by atoms with van der Waals surface area (Å²) < 4.78 is 1.19. The largest absolute Gasteiger partial charge is 0.329 e. The highest BCUT2D eigenvalue weighted by Gasteiger charge is 2.36. The van der Waals surface area contributed by atoms with E-state index in [1.165, 1.54) is 41.4 Å². The van der Waals surface area contributed by atoms with Crippen molar-refractivity contribution in [2.75, 3.05) is 26.7 Å². The third-order valence-electron chi connectivity index (χ3n) is 5.42. The molecule has 2 fully saturated rings. The van der Waals surface area contributed by atoms with E-state index in [0.717, 1.165) is 12.6 Å². The number of likely N-dealkylation sites (N-methyl/N-ethyl adjacent to an activating group) is 1. The molecule has 3 unspecified atom stereocenters. The first kappa shape index (κ1) is 15.5. The van der Waals surface area contributed by atoms with Crippen molar-refractivity contribution < 1.29 is 0 Å². The molecule has 0 spiro atoms. The summed E-state index contributed by atoms with van der Waals surface area (Å²) in [5.74, 6) is 0. The van der Waals surface area contributed by atoms with Gasteiger partial charge in [-0.3, -0.25) is 9.80 Å². The summed E-state index contributed by atoms with van der Waals surface area (Å²) in [7, 11) is 2.30. The number of nitrogens with two attached hydrogens (primary N) is 1. The minimum absolute atomic E-state index is 0.342. The molecule has 2 bridgehead atoms. The molecule has 2 aliphatic heterocycles. The molecule has 2 N–H and O–H groups in total. The zero-order valence-corrected chi connectivity index (χ0v) is 14.6. The summed E-state index contributed by atoms with van der Waals surface area (Å²) >= 11 is 3.66. The molecule has 1 aromatic rings. The molecule has 2 aliphatic rings. The Morgan fingerprint density at radius 1 is 1.29 bits per heavy atom. The fraction of sp³-hybridized carbons (Fsp3) is 0.647. The van der Waals surface area contributed by atoms with Crippen LogP contribution in [0.1, 0.15) is 36.4 Å². The molecule has 0 aromatic heterocycles. The van der Waals surface area contributed by atoms with Crippen LogP contribution < -0.4 is 5.73 Å². The van der Waals surface area contributed by atoms with Crippen LogP contribution in [0.2, 0.25) is 0 Å². The first-order chi connectivity index (χ1) is 10.1. The lowest BCUT2D eigenvalue weighted by Crippen LogP contribution is -2.40. The van der Waals surface area contributed by atoms with Crippen molar-refractivity contribution in [3.8, 4) is 0 Å². The van der Waals surface area contributed by atoms with Crippen molar-refractivity contribution >= 4 is 15.9 Å².